The predicted molar refractivity (Wildman–Crippen MR) is 64.5 cm³/mol. The zero-order chi connectivity index (χ0) is 11.1. The molecule has 0 amide bonds. The van der Waals surface area contributed by atoms with Gasteiger partial charge in [0.15, 0.2) is 0 Å². The lowest BCUT2D eigenvalue weighted by atomic mass is 10.3. The van der Waals surface area contributed by atoms with E-state index >= 15 is 0 Å². The molecule has 1 aromatic rings. The summed E-state index contributed by atoms with van der Waals surface area (Å²) in [4.78, 5) is 0.348. The van der Waals surface area contributed by atoms with E-state index in [9.17, 15) is 0 Å². The van der Waals surface area contributed by atoms with Gasteiger partial charge in [0.05, 0.1) is 6.61 Å². The molecule has 0 aliphatic carbocycles. The van der Waals surface area contributed by atoms with E-state index in [2.05, 4.69) is 6.92 Å². The van der Waals surface area contributed by atoms with Crippen LogP contribution in [0.3, 0.4) is 0 Å². The van der Waals surface area contributed by atoms with Crippen molar-refractivity contribution in [2.75, 3.05) is 13.2 Å². The molecule has 0 bridgehead atoms. The fraction of sp³-hybridized carbons (Fsp3) is 0.364. The van der Waals surface area contributed by atoms with Gasteiger partial charge in [0.2, 0.25) is 0 Å². The van der Waals surface area contributed by atoms with Gasteiger partial charge >= 0.3 is 0 Å². The lowest BCUT2D eigenvalue weighted by molar-refractivity contribution is 0.316. The van der Waals surface area contributed by atoms with E-state index in [1.165, 1.54) is 0 Å². The van der Waals surface area contributed by atoms with Crippen LogP contribution in [0.4, 0.5) is 0 Å². The number of rotatable bonds is 6. The molecule has 1 rings (SSSR count). The van der Waals surface area contributed by atoms with Gasteiger partial charge in [-0.1, -0.05) is 19.1 Å². The summed E-state index contributed by atoms with van der Waals surface area (Å²) in [5, 5.41) is 0. The van der Waals surface area contributed by atoms with Crippen LogP contribution in [0.5, 0.6) is 11.5 Å². The van der Waals surface area contributed by atoms with E-state index in [0.29, 0.717) is 4.99 Å². The molecule has 2 N–H and O–H groups in total. The molecule has 1 aromatic carbocycles. The van der Waals surface area contributed by atoms with Crippen LogP contribution in [-0.4, -0.2) is 18.2 Å². The molecule has 0 spiro atoms. The Labute approximate surface area is 95.2 Å². The molecule has 0 heterocycles. The Hall–Kier alpha value is -1.29. The monoisotopic (exact) mass is 225 g/mol. The van der Waals surface area contributed by atoms with E-state index in [0.717, 1.165) is 24.5 Å². The second kappa shape index (κ2) is 6.24. The molecule has 0 saturated heterocycles. The van der Waals surface area contributed by atoms with Gasteiger partial charge in [-0.25, -0.2) is 0 Å². The Morgan fingerprint density at radius 2 is 1.73 bits per heavy atom. The van der Waals surface area contributed by atoms with Crippen LogP contribution in [0.2, 0.25) is 0 Å². The number of benzene rings is 1. The molecule has 15 heavy (non-hydrogen) atoms. The highest BCUT2D eigenvalue weighted by atomic mass is 32.1. The molecule has 0 saturated carbocycles. The van der Waals surface area contributed by atoms with E-state index < -0.39 is 0 Å². The normalized spacial score (nSPS) is 9.67. The molecule has 0 atom stereocenters. The van der Waals surface area contributed by atoms with Gasteiger partial charge in [-0.05, 0) is 30.7 Å². The van der Waals surface area contributed by atoms with Crippen molar-refractivity contribution in [1.82, 2.24) is 0 Å². The molecule has 4 heteroatoms. The summed E-state index contributed by atoms with van der Waals surface area (Å²) < 4.78 is 10.7. The van der Waals surface area contributed by atoms with Crippen molar-refractivity contribution in [1.29, 1.82) is 0 Å². The van der Waals surface area contributed by atoms with Gasteiger partial charge in [0.1, 0.15) is 23.1 Å². The minimum Gasteiger partial charge on any atom is -0.494 e. The average molecular weight is 225 g/mol. The molecule has 0 aliphatic rings. The zero-order valence-corrected chi connectivity index (χ0v) is 9.55. The molecule has 0 radical (unpaired) electrons. The van der Waals surface area contributed by atoms with Crippen molar-refractivity contribution >= 4 is 17.2 Å². The summed E-state index contributed by atoms with van der Waals surface area (Å²) in [6, 6.07) is 7.40. The van der Waals surface area contributed by atoms with Crippen LogP contribution in [0.1, 0.15) is 13.3 Å². The summed E-state index contributed by atoms with van der Waals surface area (Å²) >= 11 is 4.71. The highest BCUT2D eigenvalue weighted by molar-refractivity contribution is 7.80. The quantitative estimate of drug-likeness (QED) is 0.753. The Morgan fingerprint density at radius 3 is 2.20 bits per heavy atom. The zero-order valence-electron chi connectivity index (χ0n) is 8.73. The second-order valence-corrected chi connectivity index (χ2v) is 3.60. The Kier molecular flexibility index (Phi) is 4.90. The lowest BCUT2D eigenvalue weighted by Gasteiger charge is -2.07. The first-order chi connectivity index (χ1) is 7.22. The summed E-state index contributed by atoms with van der Waals surface area (Å²) in [6.45, 7) is 3.07. The van der Waals surface area contributed by atoms with Gasteiger partial charge in [-0.15, -0.1) is 0 Å². The van der Waals surface area contributed by atoms with Crippen LogP contribution in [-0.2, 0) is 0 Å². The minimum atomic E-state index is 0.268. The first kappa shape index (κ1) is 11.8. The topological polar surface area (TPSA) is 44.5 Å². The molecule has 0 aliphatic heterocycles. The largest absolute Gasteiger partial charge is 0.494 e. The molecule has 0 unspecified atom stereocenters. The Morgan fingerprint density at radius 1 is 1.20 bits per heavy atom. The maximum Gasteiger partial charge on any atom is 0.138 e. The highest BCUT2D eigenvalue weighted by Gasteiger charge is 1.96. The van der Waals surface area contributed by atoms with Crippen molar-refractivity contribution in [3.05, 3.63) is 24.3 Å². The van der Waals surface area contributed by atoms with E-state index in [1.807, 2.05) is 24.3 Å². The van der Waals surface area contributed by atoms with Gasteiger partial charge in [-0.3, -0.25) is 0 Å². The summed E-state index contributed by atoms with van der Waals surface area (Å²) in [7, 11) is 0. The first-order valence-corrected chi connectivity index (χ1v) is 5.27. The van der Waals surface area contributed by atoms with E-state index in [1.54, 1.807) is 0 Å². The smallest absolute Gasteiger partial charge is 0.138 e. The molecule has 0 aromatic heterocycles. The standard InChI is InChI=1S/C11H15NO2S/c1-2-7-13-9-3-5-10(6-4-9)14-8-11(12)15/h3-6H,2,7-8H2,1H3,(H2,12,15). The third-order valence-corrected chi connectivity index (χ3v) is 1.80. The van der Waals surface area contributed by atoms with Gasteiger partial charge in [0.25, 0.3) is 0 Å². The number of hydrogen-bond acceptors (Lipinski definition) is 3. The number of nitrogens with two attached hydrogens (primary N) is 1. The van der Waals surface area contributed by atoms with Crippen LogP contribution in [0.25, 0.3) is 0 Å². The number of ether oxygens (including phenoxy) is 2. The summed E-state index contributed by atoms with van der Waals surface area (Å²) in [5.41, 5.74) is 5.32. The average Bonchev–Trinajstić information content (AvgIpc) is 2.25. The third kappa shape index (κ3) is 4.65. The second-order valence-electron chi connectivity index (χ2n) is 3.07. The Bertz CT molecular complexity index is 311. The van der Waals surface area contributed by atoms with Gasteiger partial charge in [0, 0.05) is 0 Å². The van der Waals surface area contributed by atoms with Crippen LogP contribution < -0.4 is 15.2 Å². The fourth-order valence-corrected chi connectivity index (χ4v) is 1.07. The number of thiocarbonyl (C=S) groups is 1. The van der Waals surface area contributed by atoms with Crippen LogP contribution >= 0.6 is 12.2 Å². The molecular formula is C11H15NO2S. The maximum atomic E-state index is 5.43. The molecule has 82 valence electrons. The van der Waals surface area contributed by atoms with Crippen molar-refractivity contribution in [3.63, 3.8) is 0 Å². The lowest BCUT2D eigenvalue weighted by Crippen LogP contribution is -2.17. The summed E-state index contributed by atoms with van der Waals surface area (Å²) in [6.07, 6.45) is 1.000. The van der Waals surface area contributed by atoms with E-state index in [-0.39, 0.29) is 6.61 Å². The predicted octanol–water partition coefficient (Wildman–Crippen LogP) is 2.14. The Balaban J connectivity index is 2.45. The molecule has 3 nitrogen and oxygen atoms in total. The van der Waals surface area contributed by atoms with Gasteiger partial charge < -0.3 is 15.2 Å². The fourth-order valence-electron chi connectivity index (χ4n) is 1.01. The highest BCUT2D eigenvalue weighted by Crippen LogP contribution is 2.17. The summed E-state index contributed by atoms with van der Waals surface area (Å²) in [5.74, 6) is 1.59. The number of hydrogen-bond donors (Lipinski definition) is 1. The van der Waals surface area contributed by atoms with Crippen molar-refractivity contribution in [2.45, 2.75) is 13.3 Å². The third-order valence-electron chi connectivity index (χ3n) is 1.68. The van der Waals surface area contributed by atoms with Crippen LogP contribution in [0.15, 0.2) is 24.3 Å². The van der Waals surface area contributed by atoms with Crippen molar-refractivity contribution < 1.29 is 9.47 Å². The van der Waals surface area contributed by atoms with E-state index in [4.69, 9.17) is 27.4 Å². The van der Waals surface area contributed by atoms with Crippen molar-refractivity contribution in [2.24, 2.45) is 5.73 Å². The molecular weight excluding hydrogens is 210 g/mol. The molecule has 0 fully saturated rings. The van der Waals surface area contributed by atoms with Gasteiger partial charge in [-0.2, -0.15) is 0 Å². The van der Waals surface area contributed by atoms with Crippen LogP contribution in [0, 0.1) is 0 Å². The SMILES string of the molecule is CCCOc1ccc(OCC(N)=S)cc1. The minimum absolute atomic E-state index is 0.268. The van der Waals surface area contributed by atoms with Crippen molar-refractivity contribution in [3.8, 4) is 11.5 Å². The first-order valence-electron chi connectivity index (χ1n) is 4.86. The maximum absolute atomic E-state index is 5.43.